The van der Waals surface area contributed by atoms with E-state index in [9.17, 15) is 9.59 Å². The molecule has 0 fully saturated rings. The Kier molecular flexibility index (Phi) is 4.26. The second kappa shape index (κ2) is 6.20. The first-order valence-corrected chi connectivity index (χ1v) is 8.48. The lowest BCUT2D eigenvalue weighted by atomic mass is 9.90. The molecule has 1 atom stereocenters. The first-order valence-electron chi connectivity index (χ1n) is 7.66. The van der Waals surface area contributed by atoms with Gasteiger partial charge in [0.2, 0.25) is 0 Å². The second-order valence-electron chi connectivity index (χ2n) is 6.08. The Morgan fingerprint density at radius 3 is 2.91 bits per heavy atom. The number of rotatable bonds is 4. The lowest BCUT2D eigenvalue weighted by Crippen LogP contribution is -2.21. The van der Waals surface area contributed by atoms with Gasteiger partial charge in [-0.2, -0.15) is 0 Å². The summed E-state index contributed by atoms with van der Waals surface area (Å²) in [5, 5.41) is 11.8. The molecule has 0 saturated carbocycles. The maximum Gasteiger partial charge on any atom is 0.339 e. The van der Waals surface area contributed by atoms with Crippen LogP contribution in [0.3, 0.4) is 0 Å². The van der Waals surface area contributed by atoms with Crippen molar-refractivity contribution in [2.45, 2.75) is 39.7 Å². The minimum absolute atomic E-state index is 0.134. The molecule has 23 heavy (non-hydrogen) atoms. The van der Waals surface area contributed by atoms with E-state index in [2.05, 4.69) is 12.2 Å². The lowest BCUT2D eigenvalue weighted by molar-refractivity contribution is 0.0694. The van der Waals surface area contributed by atoms with Crippen LogP contribution in [-0.4, -0.2) is 17.0 Å². The first kappa shape index (κ1) is 15.8. The highest BCUT2D eigenvalue weighted by Crippen LogP contribution is 2.32. The van der Waals surface area contributed by atoms with Crippen LogP contribution < -0.4 is 5.32 Å². The standard InChI is InChI=1S/C17H19NO4S/c1-9-3-4-14-11(5-9)6-15(23-14)16(19)18-8-12-7-13(17(20)21)10(2)22-12/h6-7,9H,3-5,8H2,1-2H3,(H,18,19)(H,20,21). The number of aromatic carboxylic acids is 1. The highest BCUT2D eigenvalue weighted by atomic mass is 32.1. The third-order valence-corrected chi connectivity index (χ3v) is 5.41. The van der Waals surface area contributed by atoms with Crippen LogP contribution in [0.1, 0.15) is 55.3 Å². The summed E-state index contributed by atoms with van der Waals surface area (Å²) in [6, 6.07) is 3.44. The van der Waals surface area contributed by atoms with Crippen molar-refractivity contribution in [1.82, 2.24) is 5.32 Å². The quantitative estimate of drug-likeness (QED) is 0.899. The van der Waals surface area contributed by atoms with Gasteiger partial charge in [0.05, 0.1) is 11.4 Å². The number of hydrogen-bond acceptors (Lipinski definition) is 4. The van der Waals surface area contributed by atoms with Crippen molar-refractivity contribution >= 4 is 23.2 Å². The van der Waals surface area contributed by atoms with Crippen molar-refractivity contribution in [1.29, 1.82) is 0 Å². The van der Waals surface area contributed by atoms with Crippen molar-refractivity contribution in [2.75, 3.05) is 0 Å². The molecule has 2 N–H and O–H groups in total. The van der Waals surface area contributed by atoms with Gasteiger partial charge in [-0.25, -0.2) is 4.79 Å². The molecule has 1 aliphatic rings. The van der Waals surface area contributed by atoms with Crippen LogP contribution in [0.2, 0.25) is 0 Å². The van der Waals surface area contributed by atoms with Crippen LogP contribution in [0, 0.1) is 12.8 Å². The molecule has 0 spiro atoms. The number of fused-ring (bicyclic) bond motifs is 1. The molecule has 1 amide bonds. The Balaban J connectivity index is 1.66. The third kappa shape index (κ3) is 3.32. The molecule has 1 aliphatic carbocycles. The summed E-state index contributed by atoms with van der Waals surface area (Å²) in [5.41, 5.74) is 1.43. The number of furan rings is 1. The first-order chi connectivity index (χ1) is 10.9. The van der Waals surface area contributed by atoms with Crippen LogP contribution in [0.25, 0.3) is 0 Å². The van der Waals surface area contributed by atoms with Gasteiger partial charge in [0.25, 0.3) is 5.91 Å². The number of carbonyl (C=O) groups is 2. The number of carboxylic acid groups (broad SMARTS) is 1. The molecular formula is C17H19NO4S. The summed E-state index contributed by atoms with van der Waals surface area (Å²) in [6.07, 6.45) is 3.27. The van der Waals surface area contributed by atoms with Crippen molar-refractivity contribution in [3.63, 3.8) is 0 Å². The van der Waals surface area contributed by atoms with Crippen LogP contribution in [0.4, 0.5) is 0 Å². The zero-order valence-corrected chi connectivity index (χ0v) is 14.0. The Morgan fingerprint density at radius 1 is 1.43 bits per heavy atom. The summed E-state index contributed by atoms with van der Waals surface area (Å²) in [6.45, 7) is 4.02. The number of carboxylic acids is 1. The van der Waals surface area contributed by atoms with Gasteiger partial charge in [-0.15, -0.1) is 11.3 Å². The molecule has 0 aliphatic heterocycles. The fraction of sp³-hybridized carbons (Fsp3) is 0.412. The maximum atomic E-state index is 12.3. The predicted molar refractivity (Wildman–Crippen MR) is 87.1 cm³/mol. The van der Waals surface area contributed by atoms with Crippen molar-refractivity contribution in [3.05, 3.63) is 44.5 Å². The number of nitrogens with one attached hydrogen (secondary N) is 1. The molecule has 0 aromatic carbocycles. The van der Waals surface area contributed by atoms with E-state index in [1.807, 2.05) is 6.07 Å². The summed E-state index contributed by atoms with van der Waals surface area (Å²) < 4.78 is 5.37. The molecule has 0 bridgehead atoms. The van der Waals surface area contributed by atoms with Crippen molar-refractivity contribution < 1.29 is 19.1 Å². The van der Waals surface area contributed by atoms with E-state index in [0.29, 0.717) is 22.3 Å². The number of carbonyl (C=O) groups excluding carboxylic acids is 1. The largest absolute Gasteiger partial charge is 0.478 e. The molecule has 6 heteroatoms. The van der Waals surface area contributed by atoms with Gasteiger partial charge in [-0.3, -0.25) is 4.79 Å². The van der Waals surface area contributed by atoms with E-state index < -0.39 is 5.97 Å². The molecule has 2 heterocycles. The van der Waals surface area contributed by atoms with E-state index in [0.717, 1.165) is 12.8 Å². The van der Waals surface area contributed by atoms with Gasteiger partial charge in [0, 0.05) is 4.88 Å². The normalized spacial score (nSPS) is 16.9. The SMILES string of the molecule is Cc1oc(CNC(=O)c2cc3c(s2)CCC(C)C3)cc1C(=O)O. The molecule has 0 saturated heterocycles. The lowest BCUT2D eigenvalue weighted by Gasteiger charge is -2.16. The Hall–Kier alpha value is -2.08. The summed E-state index contributed by atoms with van der Waals surface area (Å²) >= 11 is 1.56. The number of hydrogen-bond donors (Lipinski definition) is 2. The zero-order valence-electron chi connectivity index (χ0n) is 13.1. The van der Waals surface area contributed by atoms with Gasteiger partial charge in [0.15, 0.2) is 0 Å². The Morgan fingerprint density at radius 2 is 2.22 bits per heavy atom. The molecule has 122 valence electrons. The Labute approximate surface area is 138 Å². The smallest absolute Gasteiger partial charge is 0.339 e. The van der Waals surface area contributed by atoms with Crippen LogP contribution >= 0.6 is 11.3 Å². The molecule has 0 radical (unpaired) electrons. The topological polar surface area (TPSA) is 79.5 Å². The minimum Gasteiger partial charge on any atom is -0.478 e. The molecule has 2 aromatic heterocycles. The molecule has 5 nitrogen and oxygen atoms in total. The second-order valence-corrected chi connectivity index (χ2v) is 7.21. The van der Waals surface area contributed by atoms with Crippen LogP contribution in [-0.2, 0) is 19.4 Å². The average molecular weight is 333 g/mol. The highest BCUT2D eigenvalue weighted by molar-refractivity contribution is 7.14. The van der Waals surface area contributed by atoms with Crippen molar-refractivity contribution in [2.24, 2.45) is 5.92 Å². The maximum absolute atomic E-state index is 12.3. The highest BCUT2D eigenvalue weighted by Gasteiger charge is 2.21. The third-order valence-electron chi connectivity index (χ3n) is 4.18. The van der Waals surface area contributed by atoms with Crippen LogP contribution in [0.15, 0.2) is 16.5 Å². The summed E-state index contributed by atoms with van der Waals surface area (Å²) in [4.78, 5) is 25.3. The van der Waals surface area contributed by atoms with Crippen LogP contribution in [0.5, 0.6) is 0 Å². The molecule has 2 aromatic rings. The fourth-order valence-corrected chi connectivity index (χ4v) is 4.04. The zero-order chi connectivity index (χ0) is 16.6. The molecule has 3 rings (SSSR count). The van der Waals surface area contributed by atoms with E-state index in [4.69, 9.17) is 9.52 Å². The van der Waals surface area contributed by atoms with Gasteiger partial charge >= 0.3 is 5.97 Å². The van der Waals surface area contributed by atoms with E-state index in [1.54, 1.807) is 18.3 Å². The van der Waals surface area contributed by atoms with Gasteiger partial charge in [-0.1, -0.05) is 6.92 Å². The molecular weight excluding hydrogens is 314 g/mol. The van der Waals surface area contributed by atoms with E-state index >= 15 is 0 Å². The summed E-state index contributed by atoms with van der Waals surface area (Å²) in [7, 11) is 0. The van der Waals surface area contributed by atoms with E-state index in [1.165, 1.54) is 22.9 Å². The fourth-order valence-electron chi connectivity index (χ4n) is 2.92. The molecule has 1 unspecified atom stereocenters. The van der Waals surface area contributed by atoms with Crippen molar-refractivity contribution in [3.8, 4) is 0 Å². The average Bonchev–Trinajstić information content (AvgIpc) is 3.07. The predicted octanol–water partition coefficient (Wildman–Crippen LogP) is 3.40. The van der Waals surface area contributed by atoms with Gasteiger partial charge in [0.1, 0.15) is 17.1 Å². The number of thiophene rings is 1. The van der Waals surface area contributed by atoms with E-state index in [-0.39, 0.29) is 18.0 Å². The minimum atomic E-state index is -1.02. The monoisotopic (exact) mass is 333 g/mol. The summed E-state index contributed by atoms with van der Waals surface area (Å²) in [5.74, 6) is 0.311. The number of aryl methyl sites for hydroxylation is 2. The van der Waals surface area contributed by atoms with Gasteiger partial charge in [-0.05, 0) is 49.8 Å². The van der Waals surface area contributed by atoms with Gasteiger partial charge < -0.3 is 14.8 Å². The number of amides is 1. The Bertz CT molecular complexity index is 759.